The van der Waals surface area contributed by atoms with Gasteiger partial charge in [-0.15, -0.1) is 11.3 Å². The summed E-state index contributed by atoms with van der Waals surface area (Å²) in [4.78, 5) is 15.3. The Hall–Kier alpha value is -2.86. The number of aromatic nitrogens is 1. The molecule has 0 amide bonds. The lowest BCUT2D eigenvalue weighted by molar-refractivity contribution is -0.136. The van der Waals surface area contributed by atoms with Crippen LogP contribution in [0.25, 0.3) is 11.3 Å². The third-order valence-corrected chi connectivity index (χ3v) is 4.83. The van der Waals surface area contributed by atoms with Gasteiger partial charge >= 0.3 is 5.97 Å². The van der Waals surface area contributed by atoms with Gasteiger partial charge in [-0.2, -0.15) is 0 Å². The first-order valence-electron chi connectivity index (χ1n) is 9.26. The van der Waals surface area contributed by atoms with Gasteiger partial charge in [-0.05, 0) is 54.3 Å². The molecule has 1 aromatic heterocycles. The Morgan fingerprint density at radius 2 is 1.86 bits per heavy atom. The molecule has 0 aliphatic heterocycles. The van der Waals surface area contributed by atoms with E-state index in [2.05, 4.69) is 24.1 Å². The highest BCUT2D eigenvalue weighted by atomic mass is 32.1. The number of benzene rings is 2. The summed E-state index contributed by atoms with van der Waals surface area (Å²) in [6, 6.07) is 15.8. The number of nitrogens with one attached hydrogen (secondary N) is 1. The van der Waals surface area contributed by atoms with Crippen molar-refractivity contribution in [2.45, 2.75) is 26.7 Å². The van der Waals surface area contributed by atoms with Crippen LogP contribution >= 0.6 is 11.3 Å². The van der Waals surface area contributed by atoms with E-state index >= 15 is 0 Å². The maximum atomic E-state index is 10.7. The zero-order valence-corrected chi connectivity index (χ0v) is 16.8. The van der Waals surface area contributed by atoms with E-state index in [0.717, 1.165) is 33.4 Å². The number of nitrogens with zero attached hydrogens (tertiary/aromatic N) is 1. The van der Waals surface area contributed by atoms with Crippen molar-refractivity contribution in [3.05, 3.63) is 59.5 Å². The van der Waals surface area contributed by atoms with Crippen LogP contribution in [0.3, 0.4) is 0 Å². The van der Waals surface area contributed by atoms with Crippen LogP contribution in [0.5, 0.6) is 5.75 Å². The molecule has 0 radical (unpaired) electrons. The number of hydrogen-bond donors (Lipinski definition) is 2. The van der Waals surface area contributed by atoms with Crippen molar-refractivity contribution < 1.29 is 14.6 Å². The Bertz CT molecular complexity index is 902. The normalized spacial score (nSPS) is 10.8. The highest BCUT2D eigenvalue weighted by Gasteiger charge is 2.06. The number of carboxylic acid groups (broad SMARTS) is 1. The zero-order valence-electron chi connectivity index (χ0n) is 16.0. The van der Waals surface area contributed by atoms with Crippen molar-refractivity contribution in [3.63, 3.8) is 0 Å². The topological polar surface area (TPSA) is 71.5 Å². The van der Waals surface area contributed by atoms with Crippen molar-refractivity contribution >= 4 is 28.1 Å². The average molecular weight is 397 g/mol. The Kier molecular flexibility index (Phi) is 6.66. The average Bonchev–Trinajstić information content (AvgIpc) is 3.14. The maximum Gasteiger partial charge on any atom is 0.303 e. The number of ether oxygens (including phenoxy) is 1. The minimum atomic E-state index is -0.781. The minimum Gasteiger partial charge on any atom is -0.493 e. The lowest BCUT2D eigenvalue weighted by Gasteiger charge is -2.08. The van der Waals surface area contributed by atoms with Gasteiger partial charge in [-0.25, -0.2) is 4.98 Å². The Balaban J connectivity index is 1.60. The van der Waals surface area contributed by atoms with Gasteiger partial charge in [0.1, 0.15) is 5.75 Å². The molecule has 0 spiro atoms. The molecule has 6 heteroatoms. The van der Waals surface area contributed by atoms with Gasteiger partial charge in [0.15, 0.2) is 5.13 Å². The van der Waals surface area contributed by atoms with Crippen molar-refractivity contribution in [1.82, 2.24) is 4.98 Å². The molecule has 2 N–H and O–H groups in total. The van der Waals surface area contributed by atoms with Crippen molar-refractivity contribution in [2.24, 2.45) is 5.92 Å². The first-order valence-corrected chi connectivity index (χ1v) is 10.1. The molecule has 0 fully saturated rings. The monoisotopic (exact) mass is 396 g/mol. The van der Waals surface area contributed by atoms with Crippen LogP contribution in [0.15, 0.2) is 53.9 Å². The third-order valence-electron chi connectivity index (χ3n) is 4.07. The number of aliphatic carboxylic acids is 1. The summed E-state index contributed by atoms with van der Waals surface area (Å²) >= 11 is 1.54. The summed E-state index contributed by atoms with van der Waals surface area (Å²) in [5.74, 6) is 0.587. The maximum absolute atomic E-state index is 10.7. The highest BCUT2D eigenvalue weighted by molar-refractivity contribution is 7.14. The van der Waals surface area contributed by atoms with Gasteiger partial charge in [-0.1, -0.05) is 26.0 Å². The Morgan fingerprint density at radius 1 is 1.14 bits per heavy atom. The number of hydrogen-bond acceptors (Lipinski definition) is 5. The lowest BCUT2D eigenvalue weighted by atomic mass is 10.1. The van der Waals surface area contributed by atoms with Gasteiger partial charge < -0.3 is 15.2 Å². The summed E-state index contributed by atoms with van der Waals surface area (Å²) in [5, 5.41) is 14.9. The van der Waals surface area contributed by atoms with Crippen LogP contribution in [0, 0.1) is 5.92 Å². The van der Waals surface area contributed by atoms with Crippen LogP contribution in [0.1, 0.15) is 25.8 Å². The zero-order chi connectivity index (χ0) is 19.9. The molecule has 3 aromatic rings. The van der Waals surface area contributed by atoms with E-state index in [0.29, 0.717) is 18.9 Å². The number of carboxylic acids is 1. The Morgan fingerprint density at radius 3 is 2.50 bits per heavy atom. The number of anilines is 2. The minimum absolute atomic E-state index is 0.143. The summed E-state index contributed by atoms with van der Waals surface area (Å²) < 4.78 is 5.72. The summed E-state index contributed by atoms with van der Waals surface area (Å²) in [6.45, 7) is 4.96. The molecule has 0 saturated carbocycles. The molecule has 0 atom stereocenters. The number of carbonyl (C=O) groups is 1. The van der Waals surface area contributed by atoms with Gasteiger partial charge in [0.25, 0.3) is 0 Å². The fourth-order valence-electron chi connectivity index (χ4n) is 2.58. The standard InChI is InChI=1S/C22H24N2O3S/c1-15(2)13-27-19-10-6-17(7-11-19)20-14-28-22(24-20)23-18-8-3-16(4-9-18)5-12-21(25)26/h3-4,6-11,14-15H,5,12-13H2,1-2H3,(H,23,24)(H,25,26). The molecular formula is C22H24N2O3S. The molecule has 5 nitrogen and oxygen atoms in total. The van der Waals surface area contributed by atoms with Gasteiger partial charge in [-0.3, -0.25) is 4.79 Å². The number of aryl methyl sites for hydroxylation is 1. The van der Waals surface area contributed by atoms with Gasteiger partial charge in [0.2, 0.25) is 0 Å². The molecule has 2 aromatic carbocycles. The molecule has 0 saturated heterocycles. The smallest absolute Gasteiger partial charge is 0.303 e. The van der Waals surface area contributed by atoms with Gasteiger partial charge in [0, 0.05) is 23.1 Å². The molecule has 0 aliphatic carbocycles. The number of thiazole rings is 1. The van der Waals surface area contributed by atoms with E-state index in [1.165, 1.54) is 0 Å². The third kappa shape index (κ3) is 5.82. The summed E-state index contributed by atoms with van der Waals surface area (Å²) in [7, 11) is 0. The van der Waals surface area contributed by atoms with Crippen LogP contribution in [-0.2, 0) is 11.2 Å². The molecule has 1 heterocycles. The second kappa shape index (κ2) is 9.37. The highest BCUT2D eigenvalue weighted by Crippen LogP contribution is 2.28. The fraction of sp³-hybridized carbons (Fsp3) is 0.273. The molecule has 28 heavy (non-hydrogen) atoms. The predicted molar refractivity (Wildman–Crippen MR) is 114 cm³/mol. The second-order valence-electron chi connectivity index (χ2n) is 6.98. The molecule has 0 bridgehead atoms. The fourth-order valence-corrected chi connectivity index (χ4v) is 3.32. The molecule has 0 unspecified atom stereocenters. The first-order chi connectivity index (χ1) is 13.5. The van der Waals surface area contributed by atoms with E-state index < -0.39 is 5.97 Å². The van der Waals surface area contributed by atoms with E-state index in [1.54, 1.807) is 11.3 Å². The first kappa shape index (κ1) is 19.9. The van der Waals surface area contributed by atoms with E-state index in [4.69, 9.17) is 9.84 Å². The largest absolute Gasteiger partial charge is 0.493 e. The quantitative estimate of drug-likeness (QED) is 0.492. The van der Waals surface area contributed by atoms with E-state index in [1.807, 2.05) is 53.9 Å². The van der Waals surface area contributed by atoms with Crippen LogP contribution < -0.4 is 10.1 Å². The lowest BCUT2D eigenvalue weighted by Crippen LogP contribution is -2.04. The van der Waals surface area contributed by atoms with Gasteiger partial charge in [0.05, 0.1) is 12.3 Å². The van der Waals surface area contributed by atoms with E-state index in [9.17, 15) is 4.79 Å². The number of rotatable bonds is 9. The molecule has 0 aliphatic rings. The summed E-state index contributed by atoms with van der Waals surface area (Å²) in [6.07, 6.45) is 0.678. The van der Waals surface area contributed by atoms with Crippen LogP contribution in [-0.4, -0.2) is 22.7 Å². The van der Waals surface area contributed by atoms with Crippen molar-refractivity contribution in [3.8, 4) is 17.0 Å². The van der Waals surface area contributed by atoms with Crippen LogP contribution in [0.4, 0.5) is 10.8 Å². The molecule has 146 valence electrons. The van der Waals surface area contributed by atoms with Crippen LogP contribution in [0.2, 0.25) is 0 Å². The SMILES string of the molecule is CC(C)COc1ccc(-c2csc(Nc3ccc(CCC(=O)O)cc3)n2)cc1. The summed E-state index contributed by atoms with van der Waals surface area (Å²) in [5.41, 5.74) is 3.90. The van der Waals surface area contributed by atoms with Crippen molar-refractivity contribution in [1.29, 1.82) is 0 Å². The predicted octanol–water partition coefficient (Wildman–Crippen LogP) is 5.61. The van der Waals surface area contributed by atoms with E-state index in [-0.39, 0.29) is 6.42 Å². The second-order valence-corrected chi connectivity index (χ2v) is 7.84. The molecular weight excluding hydrogens is 372 g/mol. The molecule has 3 rings (SSSR count). The van der Waals surface area contributed by atoms with Crippen molar-refractivity contribution in [2.75, 3.05) is 11.9 Å². The Labute approximate surface area is 169 Å².